The maximum atomic E-state index is 12.4. The molecule has 0 amide bonds. The average molecular weight is 337 g/mol. The lowest BCUT2D eigenvalue weighted by molar-refractivity contribution is -0.137. The Balaban J connectivity index is 1.96. The van der Waals surface area contributed by atoms with Gasteiger partial charge in [0.2, 0.25) is 0 Å². The molecule has 19 heavy (non-hydrogen) atoms. The molecule has 106 valence electrons. The molecule has 1 aromatic carbocycles. The molecule has 0 saturated heterocycles. The van der Waals surface area contributed by atoms with Crippen molar-refractivity contribution in [3.8, 4) is 5.75 Å². The van der Waals surface area contributed by atoms with Crippen LogP contribution >= 0.6 is 15.9 Å². The molecular weight excluding hydrogens is 321 g/mol. The van der Waals surface area contributed by atoms with Crippen molar-refractivity contribution in [2.45, 2.75) is 31.9 Å². The van der Waals surface area contributed by atoms with E-state index in [0.717, 1.165) is 30.3 Å². The molecule has 1 aliphatic carbocycles. The zero-order chi connectivity index (χ0) is 13.9. The van der Waals surface area contributed by atoms with E-state index < -0.39 is 11.7 Å². The molecule has 1 saturated carbocycles. The van der Waals surface area contributed by atoms with Crippen LogP contribution in [0, 0.1) is 5.41 Å². The number of ether oxygens (including phenoxy) is 1. The fourth-order valence-electron chi connectivity index (χ4n) is 2.42. The van der Waals surface area contributed by atoms with Crippen molar-refractivity contribution in [3.05, 3.63) is 29.8 Å². The van der Waals surface area contributed by atoms with Crippen molar-refractivity contribution in [1.82, 2.24) is 0 Å². The molecule has 5 heteroatoms. The van der Waals surface area contributed by atoms with Gasteiger partial charge >= 0.3 is 6.18 Å². The fraction of sp³-hybridized carbons (Fsp3) is 0.571. The van der Waals surface area contributed by atoms with Crippen LogP contribution in [0.15, 0.2) is 24.3 Å². The lowest BCUT2D eigenvalue weighted by atomic mass is 9.90. The van der Waals surface area contributed by atoms with Crippen LogP contribution in [-0.2, 0) is 6.18 Å². The summed E-state index contributed by atoms with van der Waals surface area (Å²) in [7, 11) is 0. The van der Waals surface area contributed by atoms with Crippen LogP contribution < -0.4 is 4.74 Å². The predicted molar refractivity (Wildman–Crippen MR) is 71.6 cm³/mol. The van der Waals surface area contributed by atoms with E-state index in [1.54, 1.807) is 0 Å². The second-order valence-corrected chi connectivity index (χ2v) is 5.71. The number of halogens is 4. The summed E-state index contributed by atoms with van der Waals surface area (Å²) in [6, 6.07) is 4.90. The minimum Gasteiger partial charge on any atom is -0.493 e. The van der Waals surface area contributed by atoms with E-state index in [2.05, 4.69) is 15.9 Å². The minimum atomic E-state index is -4.29. The monoisotopic (exact) mass is 336 g/mol. The highest BCUT2D eigenvalue weighted by molar-refractivity contribution is 9.09. The second kappa shape index (κ2) is 5.73. The van der Waals surface area contributed by atoms with Gasteiger partial charge in [-0.1, -0.05) is 28.8 Å². The van der Waals surface area contributed by atoms with Gasteiger partial charge in [-0.3, -0.25) is 0 Å². The normalized spacial score (nSPS) is 18.5. The number of hydrogen-bond donors (Lipinski definition) is 0. The van der Waals surface area contributed by atoms with Gasteiger partial charge in [0.05, 0.1) is 12.2 Å². The van der Waals surface area contributed by atoms with E-state index >= 15 is 0 Å². The summed E-state index contributed by atoms with van der Waals surface area (Å²) in [5.41, 5.74) is -0.501. The third-order valence-electron chi connectivity index (χ3n) is 3.67. The Morgan fingerprint density at radius 3 is 2.16 bits per heavy atom. The van der Waals surface area contributed by atoms with Gasteiger partial charge in [-0.05, 0) is 37.1 Å². The fourth-order valence-corrected chi connectivity index (χ4v) is 3.14. The van der Waals surface area contributed by atoms with E-state index in [-0.39, 0.29) is 5.41 Å². The Labute approximate surface area is 119 Å². The highest BCUT2D eigenvalue weighted by atomic mass is 79.9. The first-order chi connectivity index (χ1) is 8.95. The summed E-state index contributed by atoms with van der Waals surface area (Å²) in [5.74, 6) is 0.500. The van der Waals surface area contributed by atoms with Crippen molar-refractivity contribution in [1.29, 1.82) is 0 Å². The van der Waals surface area contributed by atoms with Gasteiger partial charge in [0.1, 0.15) is 5.75 Å². The van der Waals surface area contributed by atoms with Gasteiger partial charge < -0.3 is 4.74 Å². The van der Waals surface area contributed by atoms with Crippen LogP contribution in [0.4, 0.5) is 13.2 Å². The second-order valence-electron chi connectivity index (χ2n) is 5.15. The highest BCUT2D eigenvalue weighted by Crippen LogP contribution is 2.40. The van der Waals surface area contributed by atoms with Gasteiger partial charge in [0, 0.05) is 10.7 Å². The molecular formula is C14H16BrF3O. The molecule has 1 aliphatic rings. The third-order valence-corrected chi connectivity index (χ3v) is 4.86. The van der Waals surface area contributed by atoms with Crippen LogP contribution in [0.2, 0.25) is 0 Å². The van der Waals surface area contributed by atoms with Crippen molar-refractivity contribution < 1.29 is 17.9 Å². The zero-order valence-electron chi connectivity index (χ0n) is 10.5. The Kier molecular flexibility index (Phi) is 4.43. The number of alkyl halides is 4. The Hall–Kier alpha value is -0.710. The summed E-state index contributed by atoms with van der Waals surface area (Å²) in [6.07, 6.45) is 0.322. The van der Waals surface area contributed by atoms with Crippen LogP contribution in [0.5, 0.6) is 5.75 Å². The van der Waals surface area contributed by atoms with E-state index in [0.29, 0.717) is 12.4 Å². The molecule has 0 atom stereocenters. The predicted octanol–water partition coefficient (Wildman–Crippen LogP) is 5.04. The van der Waals surface area contributed by atoms with Crippen LogP contribution in [0.3, 0.4) is 0 Å². The van der Waals surface area contributed by atoms with Crippen LogP contribution in [0.1, 0.15) is 31.2 Å². The smallest absolute Gasteiger partial charge is 0.416 e. The van der Waals surface area contributed by atoms with Gasteiger partial charge in [0.15, 0.2) is 0 Å². The van der Waals surface area contributed by atoms with Gasteiger partial charge in [-0.25, -0.2) is 0 Å². The molecule has 0 bridgehead atoms. The lowest BCUT2D eigenvalue weighted by Gasteiger charge is -2.26. The summed E-state index contributed by atoms with van der Waals surface area (Å²) in [6.45, 7) is 0.559. The number of benzene rings is 1. The zero-order valence-corrected chi connectivity index (χ0v) is 12.1. The molecule has 1 nitrogen and oxygen atoms in total. The summed E-state index contributed by atoms with van der Waals surface area (Å²) in [4.78, 5) is 0. The molecule has 0 aromatic heterocycles. The van der Waals surface area contributed by atoms with E-state index in [4.69, 9.17) is 4.74 Å². The SMILES string of the molecule is FC(F)(F)c1ccc(OCC2(CBr)CCCC2)cc1. The van der Waals surface area contributed by atoms with Crippen LogP contribution in [0.25, 0.3) is 0 Å². The molecule has 1 aromatic rings. The maximum absolute atomic E-state index is 12.4. The Morgan fingerprint density at radius 2 is 1.68 bits per heavy atom. The highest BCUT2D eigenvalue weighted by Gasteiger charge is 2.34. The molecule has 0 unspecified atom stereocenters. The third kappa shape index (κ3) is 3.65. The average Bonchev–Trinajstić information content (AvgIpc) is 2.85. The van der Waals surface area contributed by atoms with Gasteiger partial charge in [-0.2, -0.15) is 13.2 Å². The Bertz CT molecular complexity index is 408. The lowest BCUT2D eigenvalue weighted by Crippen LogP contribution is -2.27. The van der Waals surface area contributed by atoms with Crippen molar-refractivity contribution in [3.63, 3.8) is 0 Å². The topological polar surface area (TPSA) is 9.23 Å². The van der Waals surface area contributed by atoms with Crippen molar-refractivity contribution in [2.75, 3.05) is 11.9 Å². The van der Waals surface area contributed by atoms with Crippen LogP contribution in [-0.4, -0.2) is 11.9 Å². The molecule has 0 spiro atoms. The van der Waals surface area contributed by atoms with E-state index in [9.17, 15) is 13.2 Å². The van der Waals surface area contributed by atoms with E-state index in [1.807, 2.05) is 0 Å². The van der Waals surface area contributed by atoms with E-state index in [1.165, 1.54) is 25.0 Å². The van der Waals surface area contributed by atoms with Gasteiger partial charge in [0.25, 0.3) is 0 Å². The number of rotatable bonds is 4. The largest absolute Gasteiger partial charge is 0.493 e. The quantitative estimate of drug-likeness (QED) is 0.700. The first kappa shape index (κ1) is 14.7. The molecule has 0 heterocycles. The minimum absolute atomic E-state index is 0.142. The molecule has 2 rings (SSSR count). The number of hydrogen-bond acceptors (Lipinski definition) is 1. The van der Waals surface area contributed by atoms with Crippen molar-refractivity contribution in [2.24, 2.45) is 5.41 Å². The summed E-state index contributed by atoms with van der Waals surface area (Å²) < 4.78 is 42.9. The summed E-state index contributed by atoms with van der Waals surface area (Å²) >= 11 is 3.52. The standard InChI is InChI=1S/C14H16BrF3O/c15-9-13(7-1-2-8-13)10-19-12-5-3-11(4-6-12)14(16,17)18/h3-6H,1-2,7-10H2. The van der Waals surface area contributed by atoms with Crippen molar-refractivity contribution >= 4 is 15.9 Å². The van der Waals surface area contributed by atoms with Gasteiger partial charge in [-0.15, -0.1) is 0 Å². The molecule has 0 N–H and O–H groups in total. The molecule has 0 radical (unpaired) electrons. The summed E-state index contributed by atoms with van der Waals surface area (Å²) in [5, 5.41) is 0.876. The molecule has 1 fully saturated rings. The first-order valence-electron chi connectivity index (χ1n) is 6.31. The Morgan fingerprint density at radius 1 is 1.11 bits per heavy atom. The maximum Gasteiger partial charge on any atom is 0.416 e. The first-order valence-corrected chi connectivity index (χ1v) is 7.43. The molecule has 0 aliphatic heterocycles.